The van der Waals surface area contributed by atoms with Gasteiger partial charge in [0.1, 0.15) is 41.8 Å². The number of hydrogen-bond donors (Lipinski definition) is 10. The zero-order chi connectivity index (χ0) is 60.0. The highest BCUT2D eigenvalue weighted by Gasteiger charge is 2.38. The molecule has 0 radical (unpaired) electrons. The van der Waals surface area contributed by atoms with Crippen molar-refractivity contribution < 1.29 is 47.9 Å². The van der Waals surface area contributed by atoms with Crippen LogP contribution in [0.1, 0.15) is 132 Å². The Kier molecular flexibility index (Phi) is 26.1. The van der Waals surface area contributed by atoms with E-state index >= 15 is 0 Å². The number of nitrogens with one attached hydrogen (secondary N) is 9. The highest BCUT2D eigenvalue weighted by molar-refractivity contribution is 5.99. The third kappa shape index (κ3) is 21.6. The number of rotatable bonds is 32. The lowest BCUT2D eigenvalue weighted by Crippen LogP contribution is -2.64. The van der Waals surface area contributed by atoms with E-state index in [4.69, 9.17) is 5.73 Å². The number of benzene rings is 2. The van der Waals surface area contributed by atoms with Crippen LogP contribution in [-0.2, 0) is 43.2 Å². The van der Waals surface area contributed by atoms with E-state index in [0.29, 0.717) is 17.0 Å². The minimum atomic E-state index is -1.71. The summed E-state index contributed by atoms with van der Waals surface area (Å²) in [6.07, 6.45) is 0.759. The summed E-state index contributed by atoms with van der Waals surface area (Å²) in [5.74, 6) is -7.15. The Morgan fingerprint density at radius 3 is 1.57 bits per heavy atom. The van der Waals surface area contributed by atoms with Crippen LogP contribution in [0.25, 0.3) is 17.1 Å². The van der Waals surface area contributed by atoms with E-state index in [-0.39, 0.29) is 80.8 Å². The minimum Gasteiger partial charge on any atom is -0.368 e. The van der Waals surface area contributed by atoms with Gasteiger partial charge in [0.05, 0.1) is 5.69 Å². The third-order valence-corrected chi connectivity index (χ3v) is 12.6. The zero-order valence-corrected chi connectivity index (χ0v) is 48.3. The van der Waals surface area contributed by atoms with Crippen molar-refractivity contribution in [2.24, 2.45) is 29.4 Å². The van der Waals surface area contributed by atoms with Crippen molar-refractivity contribution in [2.75, 3.05) is 13.1 Å². The largest absolute Gasteiger partial charge is 0.368 e. The van der Waals surface area contributed by atoms with Crippen LogP contribution < -0.4 is 53.6 Å². The molecule has 0 aliphatic carbocycles. The van der Waals surface area contributed by atoms with Gasteiger partial charge in [-0.05, 0) is 112 Å². The van der Waals surface area contributed by atoms with Crippen molar-refractivity contribution in [3.63, 3.8) is 0 Å². The number of aromatic nitrogens is 4. The van der Waals surface area contributed by atoms with Gasteiger partial charge in [0.2, 0.25) is 59.0 Å². The highest BCUT2D eigenvalue weighted by atomic mass is 16.2. The van der Waals surface area contributed by atoms with Crippen molar-refractivity contribution in [2.45, 2.75) is 163 Å². The lowest BCUT2D eigenvalue weighted by Gasteiger charge is -2.32. The maximum absolute atomic E-state index is 14.2. The molecule has 3 rings (SSSR count). The first-order valence-electron chi connectivity index (χ1n) is 27.1. The maximum Gasteiger partial charge on any atom is 0.251 e. The Labute approximate surface area is 468 Å². The summed E-state index contributed by atoms with van der Waals surface area (Å²) in [5.41, 5.74) is 5.93. The highest BCUT2D eigenvalue weighted by Crippen LogP contribution is 2.17. The second-order valence-corrected chi connectivity index (χ2v) is 22.0. The molecule has 24 heteroatoms. The molecule has 24 nitrogen and oxygen atoms in total. The molecule has 1 aromatic heterocycles. The average Bonchev–Trinajstić information content (AvgIpc) is 3.88. The molecule has 0 aliphatic heterocycles. The summed E-state index contributed by atoms with van der Waals surface area (Å²) < 4.78 is 0. The Morgan fingerprint density at radius 2 is 1.09 bits per heavy atom. The average molecular weight is 1110 g/mol. The molecule has 0 saturated heterocycles. The Balaban J connectivity index is 1.77. The Hall–Kier alpha value is -8.05. The number of nitrogens with zero attached hydrogens (tertiary/aromatic N) is 4. The van der Waals surface area contributed by atoms with Gasteiger partial charge in [-0.3, -0.25) is 47.9 Å². The van der Waals surface area contributed by atoms with Gasteiger partial charge in [-0.15, -0.1) is 15.0 Å². The van der Waals surface area contributed by atoms with E-state index in [0.717, 1.165) is 5.69 Å². The SMILES string of the molecule is C=C(C)C(=O)NCCC[C@H](NC(=O)[C@@H](NC(C)=O)C(C)C)C(=O)N[C@@H](CC(C)C)C(=O)NC(C)(C)C(=O)N[C@H](C(=O)N[C@@H](CCCNC(=O)c1ccc(-c2nnn(-c3ccccc3)n2)cc1)C(=O)N[C@@H](CC(C)C)C(N)=O)C(C)C. The fourth-order valence-electron chi connectivity index (χ4n) is 8.13. The van der Waals surface area contributed by atoms with Crippen LogP contribution in [-0.4, -0.2) is 134 Å². The van der Waals surface area contributed by atoms with Crippen LogP contribution in [0.2, 0.25) is 0 Å². The molecule has 438 valence electrons. The molecule has 2 aromatic carbocycles. The fraction of sp³-hybridized carbons (Fsp3) is 0.554. The molecule has 0 bridgehead atoms. The molecule has 1 heterocycles. The van der Waals surface area contributed by atoms with Crippen LogP contribution in [0.3, 0.4) is 0 Å². The second kappa shape index (κ2) is 31.5. The van der Waals surface area contributed by atoms with Gasteiger partial charge in [0.25, 0.3) is 5.91 Å². The number of carbonyl (C=O) groups excluding carboxylic acids is 10. The van der Waals surface area contributed by atoms with Crippen molar-refractivity contribution in [3.05, 3.63) is 72.3 Å². The van der Waals surface area contributed by atoms with Gasteiger partial charge in [0, 0.05) is 36.7 Å². The molecule has 0 aliphatic rings. The van der Waals surface area contributed by atoms with Crippen LogP contribution in [0, 0.1) is 23.7 Å². The number of tetrazole rings is 1. The van der Waals surface area contributed by atoms with Crippen molar-refractivity contribution in [1.82, 2.24) is 68.1 Å². The summed E-state index contributed by atoms with van der Waals surface area (Å²) in [6.45, 7) is 23.6. The molecular formula is C56H84N14O10. The predicted molar refractivity (Wildman–Crippen MR) is 300 cm³/mol. The molecule has 0 fully saturated rings. The topological polar surface area (TPSA) is 349 Å². The molecule has 11 N–H and O–H groups in total. The number of para-hydroxylation sites is 1. The molecule has 0 spiro atoms. The van der Waals surface area contributed by atoms with Crippen LogP contribution >= 0.6 is 0 Å². The number of hydrogen-bond acceptors (Lipinski definition) is 13. The fourth-order valence-corrected chi connectivity index (χ4v) is 8.13. The second-order valence-electron chi connectivity index (χ2n) is 22.0. The van der Waals surface area contributed by atoms with Gasteiger partial charge in [-0.1, -0.05) is 92.3 Å². The van der Waals surface area contributed by atoms with Crippen molar-refractivity contribution >= 4 is 59.1 Å². The summed E-state index contributed by atoms with van der Waals surface area (Å²) in [5, 5.41) is 37.0. The van der Waals surface area contributed by atoms with Crippen LogP contribution in [0.5, 0.6) is 0 Å². The van der Waals surface area contributed by atoms with E-state index in [1.165, 1.54) is 25.6 Å². The molecule has 80 heavy (non-hydrogen) atoms. The monoisotopic (exact) mass is 1110 g/mol. The maximum atomic E-state index is 14.2. The van der Waals surface area contributed by atoms with E-state index in [1.807, 2.05) is 58.0 Å². The summed E-state index contributed by atoms with van der Waals surface area (Å²) in [7, 11) is 0. The van der Waals surface area contributed by atoms with Gasteiger partial charge in [-0.25, -0.2) is 0 Å². The van der Waals surface area contributed by atoms with E-state index in [9.17, 15) is 47.9 Å². The standard InChI is InChI=1S/C56H84N14O10/c1-31(2)29-42(46(57)72)63-50(75)40(22-18-28-59-49(74)38-25-23-37(24-26-38)47-67-69-70(68-47)39-19-15-14-16-20-39)62-54(79)45(34(7)8)65-55(80)56(12,13)66-52(77)43(30-32(3)4)64-51(76)41(21-17-27-58-48(73)35(9)10)61-53(78)44(33(5)6)60-36(11)71/h14-16,19-20,23-26,31-34,40-45H,9,17-18,21-22,27-30H2,1-8,10-13H3,(H2,57,72)(H,58,73)(H,59,74)(H,60,71)(H,61,78)(H,62,79)(H,63,75)(H,64,76)(H,65,80)(H,66,77)/t40-,41-,42-,43-,44-,45-/m0/s1. The van der Waals surface area contributed by atoms with E-state index < -0.39 is 101 Å². The van der Waals surface area contributed by atoms with Crippen molar-refractivity contribution in [3.8, 4) is 17.1 Å². The first-order chi connectivity index (χ1) is 37.5. The molecule has 0 unspecified atom stereocenters. The van der Waals surface area contributed by atoms with Gasteiger partial charge in [-0.2, -0.15) is 0 Å². The minimum absolute atomic E-state index is 0.0142. The smallest absolute Gasteiger partial charge is 0.251 e. The summed E-state index contributed by atoms with van der Waals surface area (Å²) >= 11 is 0. The van der Waals surface area contributed by atoms with Gasteiger partial charge in [0.15, 0.2) is 0 Å². The molecule has 6 atom stereocenters. The first kappa shape index (κ1) is 66.2. The molecule has 3 aromatic rings. The molecular weight excluding hydrogens is 1030 g/mol. The quantitative estimate of drug-likeness (QED) is 0.0317. The van der Waals surface area contributed by atoms with Gasteiger partial charge < -0.3 is 53.6 Å². The zero-order valence-electron chi connectivity index (χ0n) is 48.3. The number of carbonyl (C=O) groups is 10. The Bertz CT molecular complexity index is 2630. The van der Waals surface area contributed by atoms with Crippen molar-refractivity contribution in [1.29, 1.82) is 0 Å². The van der Waals surface area contributed by atoms with E-state index in [2.05, 4.69) is 69.8 Å². The molecule has 0 saturated carbocycles. The first-order valence-corrected chi connectivity index (χ1v) is 27.1. The molecule has 10 amide bonds. The third-order valence-electron chi connectivity index (χ3n) is 12.6. The van der Waals surface area contributed by atoms with E-state index in [1.54, 1.807) is 58.9 Å². The lowest BCUT2D eigenvalue weighted by molar-refractivity contribution is -0.138. The predicted octanol–water partition coefficient (Wildman–Crippen LogP) is 2.02. The normalized spacial score (nSPS) is 13.7. The number of amides is 10. The number of nitrogens with two attached hydrogens (primary N) is 1. The Morgan fingerprint density at radius 1 is 0.600 bits per heavy atom. The lowest BCUT2D eigenvalue weighted by atomic mass is 9.97. The van der Waals surface area contributed by atoms with Crippen LogP contribution in [0.4, 0.5) is 0 Å². The van der Waals surface area contributed by atoms with Crippen LogP contribution in [0.15, 0.2) is 66.7 Å². The summed E-state index contributed by atoms with van der Waals surface area (Å²) in [4.78, 5) is 135. The number of primary amides is 1. The summed E-state index contributed by atoms with van der Waals surface area (Å²) in [6, 6.07) is 8.84. The van der Waals surface area contributed by atoms with Gasteiger partial charge >= 0.3 is 0 Å².